The molecular weight excluding hydrogens is 386 g/mol. The molecule has 0 aliphatic carbocycles. The Morgan fingerprint density at radius 2 is 1.75 bits per heavy atom. The molecule has 0 N–H and O–H groups in total. The highest BCUT2D eigenvalue weighted by molar-refractivity contribution is 7.89. The number of rotatable bonds is 5. The molecule has 0 aromatic heterocycles. The number of ether oxygens (including phenoxy) is 1. The standard InChI is InChI=1S/C18H17N3O6S/c1-12-3-9-15(10-4-12)28(25,26)20-11-19-16(18(22)27-2)17(20)13-5-7-14(8-6-13)21(23)24/h3-11,16-17H,1-2H3/t16-,17+/m0/s1. The van der Waals surface area contributed by atoms with Gasteiger partial charge in [0.15, 0.2) is 6.04 Å². The highest BCUT2D eigenvalue weighted by Gasteiger charge is 2.43. The monoisotopic (exact) mass is 403 g/mol. The van der Waals surface area contributed by atoms with Gasteiger partial charge >= 0.3 is 5.97 Å². The third kappa shape index (κ3) is 3.46. The summed E-state index contributed by atoms with van der Waals surface area (Å²) < 4.78 is 32.0. The number of aliphatic imine (C=N–C) groups is 1. The predicted octanol–water partition coefficient (Wildman–Crippen LogP) is 2.22. The lowest BCUT2D eigenvalue weighted by molar-refractivity contribution is -0.384. The normalized spacial score (nSPS) is 18.9. The van der Waals surface area contributed by atoms with Crippen LogP contribution in [0.2, 0.25) is 0 Å². The van der Waals surface area contributed by atoms with E-state index >= 15 is 0 Å². The van der Waals surface area contributed by atoms with Crippen LogP contribution in [0.15, 0.2) is 58.4 Å². The minimum absolute atomic E-state index is 0.0435. The molecule has 0 saturated heterocycles. The minimum atomic E-state index is -4.01. The molecule has 2 aromatic carbocycles. The maximum Gasteiger partial charge on any atom is 0.333 e. The molecule has 0 saturated carbocycles. The van der Waals surface area contributed by atoms with Crippen LogP contribution in [-0.2, 0) is 19.6 Å². The minimum Gasteiger partial charge on any atom is -0.467 e. The SMILES string of the molecule is COC(=O)[C@H]1N=CN(S(=O)(=O)c2ccc(C)cc2)[C@@H]1c1ccc([N+](=O)[O-])cc1. The summed E-state index contributed by atoms with van der Waals surface area (Å²) >= 11 is 0. The first-order valence-corrected chi connectivity index (χ1v) is 9.65. The Morgan fingerprint density at radius 1 is 1.14 bits per heavy atom. The molecule has 0 bridgehead atoms. The molecule has 10 heteroatoms. The van der Waals surface area contributed by atoms with E-state index in [0.29, 0.717) is 5.56 Å². The van der Waals surface area contributed by atoms with Crippen LogP contribution >= 0.6 is 0 Å². The Balaban J connectivity index is 2.06. The van der Waals surface area contributed by atoms with Crippen LogP contribution < -0.4 is 0 Å². The van der Waals surface area contributed by atoms with Gasteiger partial charge in [0, 0.05) is 12.1 Å². The van der Waals surface area contributed by atoms with Crippen LogP contribution in [-0.4, -0.2) is 43.1 Å². The van der Waals surface area contributed by atoms with Crippen LogP contribution in [0.25, 0.3) is 0 Å². The number of nitro groups is 1. The van der Waals surface area contributed by atoms with Crippen molar-refractivity contribution in [1.29, 1.82) is 0 Å². The van der Waals surface area contributed by atoms with Gasteiger partial charge in [0.25, 0.3) is 15.7 Å². The number of carbonyl (C=O) groups is 1. The molecule has 9 nitrogen and oxygen atoms in total. The van der Waals surface area contributed by atoms with Gasteiger partial charge in [-0.25, -0.2) is 17.5 Å². The second-order valence-corrected chi connectivity index (χ2v) is 8.02. The van der Waals surface area contributed by atoms with Crippen molar-refractivity contribution in [3.8, 4) is 0 Å². The molecule has 0 unspecified atom stereocenters. The number of benzene rings is 2. The van der Waals surface area contributed by atoms with Crippen LogP contribution in [0.5, 0.6) is 0 Å². The topological polar surface area (TPSA) is 119 Å². The van der Waals surface area contributed by atoms with Crippen molar-refractivity contribution >= 4 is 28.0 Å². The smallest absolute Gasteiger partial charge is 0.333 e. The molecular formula is C18H17N3O6S. The molecule has 3 rings (SSSR count). The van der Waals surface area contributed by atoms with Gasteiger partial charge in [-0.15, -0.1) is 0 Å². The number of aryl methyl sites for hydroxylation is 1. The molecule has 1 heterocycles. The van der Waals surface area contributed by atoms with Gasteiger partial charge in [-0.3, -0.25) is 15.1 Å². The van der Waals surface area contributed by atoms with E-state index in [4.69, 9.17) is 4.74 Å². The number of hydrogen-bond acceptors (Lipinski definition) is 7. The Labute approximate surface area is 161 Å². The summed E-state index contributed by atoms with van der Waals surface area (Å²) in [7, 11) is -2.83. The Morgan fingerprint density at radius 3 is 2.29 bits per heavy atom. The largest absolute Gasteiger partial charge is 0.467 e. The van der Waals surface area contributed by atoms with Crippen LogP contribution in [0.3, 0.4) is 0 Å². The number of nitro benzene ring substituents is 1. The molecule has 28 heavy (non-hydrogen) atoms. The fourth-order valence-electron chi connectivity index (χ4n) is 2.91. The molecule has 1 aliphatic rings. The lowest BCUT2D eigenvalue weighted by atomic mass is 10.0. The average molecular weight is 403 g/mol. The van der Waals surface area contributed by atoms with Gasteiger partial charge in [0.1, 0.15) is 12.4 Å². The second-order valence-electron chi connectivity index (χ2n) is 6.17. The molecule has 2 atom stereocenters. The maximum atomic E-state index is 13.1. The Bertz CT molecular complexity index is 1030. The molecule has 0 radical (unpaired) electrons. The summed E-state index contributed by atoms with van der Waals surface area (Å²) in [5.74, 6) is -0.707. The maximum absolute atomic E-state index is 13.1. The zero-order valence-electron chi connectivity index (χ0n) is 15.1. The highest BCUT2D eigenvalue weighted by Crippen LogP contribution is 2.35. The lowest BCUT2D eigenvalue weighted by Crippen LogP contribution is -2.37. The van der Waals surface area contributed by atoms with E-state index in [0.717, 1.165) is 16.2 Å². The van der Waals surface area contributed by atoms with Gasteiger partial charge in [0.05, 0.1) is 16.9 Å². The molecule has 146 valence electrons. The van der Waals surface area contributed by atoms with E-state index in [1.54, 1.807) is 12.1 Å². The van der Waals surface area contributed by atoms with Crippen LogP contribution in [0.1, 0.15) is 17.2 Å². The molecule has 0 spiro atoms. The first kappa shape index (κ1) is 19.5. The quantitative estimate of drug-likeness (QED) is 0.429. The fraction of sp³-hybridized carbons (Fsp3) is 0.222. The van der Waals surface area contributed by atoms with Crippen molar-refractivity contribution in [2.45, 2.75) is 23.9 Å². The fourth-order valence-corrected chi connectivity index (χ4v) is 4.34. The number of methoxy groups -OCH3 is 1. The summed E-state index contributed by atoms with van der Waals surface area (Å²) in [6.07, 6.45) is 1.09. The summed E-state index contributed by atoms with van der Waals surface area (Å²) in [6.45, 7) is 1.83. The summed E-state index contributed by atoms with van der Waals surface area (Å²) in [5, 5.41) is 10.9. The van der Waals surface area contributed by atoms with Crippen molar-refractivity contribution in [2.75, 3.05) is 7.11 Å². The number of esters is 1. The summed E-state index contributed by atoms with van der Waals surface area (Å²) in [4.78, 5) is 26.6. The first-order chi connectivity index (χ1) is 13.3. The third-order valence-corrected chi connectivity index (χ3v) is 6.14. The number of non-ortho nitro benzene ring substituents is 1. The van der Waals surface area contributed by atoms with E-state index in [9.17, 15) is 23.3 Å². The Kier molecular flexibility index (Phi) is 5.14. The Hall–Kier alpha value is -3.27. The van der Waals surface area contributed by atoms with Crippen molar-refractivity contribution < 1.29 is 22.9 Å². The van der Waals surface area contributed by atoms with E-state index in [2.05, 4.69) is 4.99 Å². The van der Waals surface area contributed by atoms with Crippen LogP contribution in [0.4, 0.5) is 5.69 Å². The van der Waals surface area contributed by atoms with E-state index in [1.165, 1.54) is 43.5 Å². The summed E-state index contributed by atoms with van der Waals surface area (Å²) in [5.41, 5.74) is 1.13. The van der Waals surface area contributed by atoms with Gasteiger partial charge in [-0.2, -0.15) is 0 Å². The number of carbonyl (C=O) groups excluding carboxylic acids is 1. The van der Waals surface area contributed by atoms with E-state index in [-0.39, 0.29) is 10.6 Å². The highest BCUT2D eigenvalue weighted by atomic mass is 32.2. The van der Waals surface area contributed by atoms with Crippen molar-refractivity contribution in [3.63, 3.8) is 0 Å². The number of sulfonamides is 1. The molecule has 1 aliphatic heterocycles. The number of nitrogens with zero attached hydrogens (tertiary/aromatic N) is 3. The van der Waals surface area contributed by atoms with Gasteiger partial charge < -0.3 is 4.74 Å². The van der Waals surface area contributed by atoms with Crippen LogP contribution in [0, 0.1) is 17.0 Å². The second kappa shape index (κ2) is 7.39. The number of hydrogen-bond donors (Lipinski definition) is 0. The average Bonchev–Trinajstić information content (AvgIpc) is 3.13. The molecule has 2 aromatic rings. The third-order valence-electron chi connectivity index (χ3n) is 4.40. The first-order valence-electron chi connectivity index (χ1n) is 8.21. The zero-order chi connectivity index (χ0) is 20.5. The predicted molar refractivity (Wildman–Crippen MR) is 100 cm³/mol. The zero-order valence-corrected chi connectivity index (χ0v) is 15.9. The molecule has 0 fully saturated rings. The lowest BCUT2D eigenvalue weighted by Gasteiger charge is -2.27. The summed E-state index contributed by atoms with van der Waals surface area (Å²) in [6, 6.07) is 9.45. The van der Waals surface area contributed by atoms with Crippen molar-refractivity contribution in [2.24, 2.45) is 4.99 Å². The van der Waals surface area contributed by atoms with E-state index in [1.807, 2.05) is 6.92 Å². The van der Waals surface area contributed by atoms with E-state index < -0.39 is 33.0 Å². The van der Waals surface area contributed by atoms with Gasteiger partial charge in [-0.05, 0) is 36.8 Å². The van der Waals surface area contributed by atoms with Crippen molar-refractivity contribution in [1.82, 2.24) is 4.31 Å². The van der Waals surface area contributed by atoms with Crippen molar-refractivity contribution in [3.05, 3.63) is 69.8 Å². The van der Waals surface area contributed by atoms with Gasteiger partial charge in [-0.1, -0.05) is 17.7 Å². The van der Waals surface area contributed by atoms with Gasteiger partial charge in [0.2, 0.25) is 0 Å². The molecule has 0 amide bonds.